The summed E-state index contributed by atoms with van der Waals surface area (Å²) in [6.07, 6.45) is 3.93. The summed E-state index contributed by atoms with van der Waals surface area (Å²) >= 11 is 3.09. The van der Waals surface area contributed by atoms with E-state index in [-0.39, 0.29) is 5.91 Å². The van der Waals surface area contributed by atoms with Gasteiger partial charge < -0.3 is 14.5 Å². The molecule has 5 rings (SSSR count). The first-order chi connectivity index (χ1) is 15.1. The number of aryl methyl sites for hydroxylation is 1. The minimum Gasteiger partial charge on any atom is -0.490 e. The Morgan fingerprint density at radius 3 is 2.94 bits per heavy atom. The van der Waals surface area contributed by atoms with Crippen LogP contribution in [0.1, 0.15) is 25.3 Å². The zero-order valence-corrected chi connectivity index (χ0v) is 19.3. The number of nitrogens with zero attached hydrogens (tertiary/aromatic N) is 5. The molecule has 1 amide bonds. The maximum Gasteiger partial charge on any atom is 0.237 e. The molecule has 0 bridgehead atoms. The topological polar surface area (TPSA) is 71.5 Å². The normalized spacial score (nSPS) is 17.0. The Kier molecular flexibility index (Phi) is 5.71. The average molecular weight is 456 g/mol. The van der Waals surface area contributed by atoms with Crippen LogP contribution >= 0.6 is 23.1 Å². The van der Waals surface area contributed by atoms with E-state index in [0.29, 0.717) is 18.9 Å². The molecule has 2 aliphatic heterocycles. The van der Waals surface area contributed by atoms with Crippen molar-refractivity contribution in [3.8, 4) is 5.75 Å². The number of anilines is 2. The highest BCUT2D eigenvalue weighted by atomic mass is 32.2. The van der Waals surface area contributed by atoms with E-state index in [1.54, 1.807) is 17.7 Å². The molecule has 9 heteroatoms. The Bertz CT molecular complexity index is 1110. The highest BCUT2D eigenvalue weighted by Crippen LogP contribution is 2.36. The number of rotatable bonds is 4. The third-order valence-electron chi connectivity index (χ3n) is 5.81. The van der Waals surface area contributed by atoms with Crippen molar-refractivity contribution >= 4 is 50.2 Å². The van der Waals surface area contributed by atoms with Crippen LogP contribution in [0.25, 0.3) is 10.3 Å². The van der Waals surface area contributed by atoms with Crippen LogP contribution in [0, 0.1) is 12.8 Å². The molecule has 1 aromatic carbocycles. The second kappa shape index (κ2) is 8.63. The summed E-state index contributed by atoms with van der Waals surface area (Å²) in [7, 11) is 0. The number of fused-ring (bicyclic) bond motifs is 2. The second-order valence-corrected chi connectivity index (χ2v) is 10.1. The number of ether oxygens (including phenoxy) is 1. The van der Waals surface area contributed by atoms with Crippen LogP contribution in [-0.2, 0) is 4.79 Å². The van der Waals surface area contributed by atoms with Crippen LogP contribution in [0.15, 0.2) is 29.6 Å². The summed E-state index contributed by atoms with van der Waals surface area (Å²) in [6.45, 7) is 7.47. The molecule has 31 heavy (non-hydrogen) atoms. The van der Waals surface area contributed by atoms with Gasteiger partial charge in [-0.05, 0) is 43.4 Å². The molecule has 0 atom stereocenters. The van der Waals surface area contributed by atoms with Crippen molar-refractivity contribution in [2.24, 2.45) is 5.92 Å². The van der Waals surface area contributed by atoms with Gasteiger partial charge in [0.15, 0.2) is 10.8 Å². The van der Waals surface area contributed by atoms with Crippen molar-refractivity contribution in [2.45, 2.75) is 31.7 Å². The number of aromatic nitrogens is 3. The van der Waals surface area contributed by atoms with Crippen molar-refractivity contribution in [1.82, 2.24) is 15.0 Å². The first-order valence-electron chi connectivity index (χ1n) is 10.6. The van der Waals surface area contributed by atoms with Gasteiger partial charge in [-0.1, -0.05) is 36.1 Å². The number of amides is 1. The van der Waals surface area contributed by atoms with Crippen molar-refractivity contribution in [3.63, 3.8) is 0 Å². The molecular weight excluding hydrogens is 430 g/mol. The summed E-state index contributed by atoms with van der Waals surface area (Å²) in [6, 6.07) is 5.95. The van der Waals surface area contributed by atoms with Gasteiger partial charge in [-0.3, -0.25) is 4.79 Å². The Labute approximate surface area is 189 Å². The molecule has 4 heterocycles. The van der Waals surface area contributed by atoms with Crippen LogP contribution in [0.3, 0.4) is 0 Å². The van der Waals surface area contributed by atoms with Crippen LogP contribution in [0.5, 0.6) is 5.75 Å². The lowest BCUT2D eigenvalue weighted by atomic mass is 10.00. The van der Waals surface area contributed by atoms with Crippen molar-refractivity contribution < 1.29 is 9.53 Å². The highest BCUT2D eigenvalue weighted by molar-refractivity contribution is 8.00. The summed E-state index contributed by atoms with van der Waals surface area (Å²) in [4.78, 5) is 30.8. The lowest BCUT2D eigenvalue weighted by Gasteiger charge is -2.29. The molecule has 1 saturated heterocycles. The molecule has 162 valence electrons. The second-order valence-electron chi connectivity index (χ2n) is 8.15. The fourth-order valence-corrected chi connectivity index (χ4v) is 5.97. The van der Waals surface area contributed by atoms with Gasteiger partial charge >= 0.3 is 0 Å². The fraction of sp³-hybridized carbons (Fsp3) is 0.455. The van der Waals surface area contributed by atoms with Gasteiger partial charge in [0.25, 0.3) is 0 Å². The van der Waals surface area contributed by atoms with Crippen molar-refractivity contribution in [1.29, 1.82) is 0 Å². The van der Waals surface area contributed by atoms with Gasteiger partial charge in [0.05, 0.1) is 18.0 Å². The summed E-state index contributed by atoms with van der Waals surface area (Å²) in [5, 5.41) is 1.83. The lowest BCUT2D eigenvalue weighted by molar-refractivity contribution is -0.116. The number of carbonyl (C=O) groups is 1. The van der Waals surface area contributed by atoms with Crippen LogP contribution in [0.4, 0.5) is 10.8 Å². The van der Waals surface area contributed by atoms with Crippen molar-refractivity contribution in [2.75, 3.05) is 41.8 Å². The molecule has 0 unspecified atom stereocenters. The maximum atomic E-state index is 13.1. The molecule has 2 aromatic heterocycles. The number of thiazole rings is 1. The molecule has 1 fully saturated rings. The smallest absolute Gasteiger partial charge is 0.237 e. The van der Waals surface area contributed by atoms with E-state index in [2.05, 4.69) is 21.8 Å². The van der Waals surface area contributed by atoms with Crippen LogP contribution in [0.2, 0.25) is 0 Å². The maximum absolute atomic E-state index is 13.1. The molecule has 0 N–H and O–H groups in total. The first kappa shape index (κ1) is 20.5. The van der Waals surface area contributed by atoms with Crippen molar-refractivity contribution in [3.05, 3.63) is 30.1 Å². The van der Waals surface area contributed by atoms with E-state index in [1.807, 2.05) is 30.0 Å². The van der Waals surface area contributed by atoms with Crippen LogP contribution < -0.4 is 14.5 Å². The minimum absolute atomic E-state index is 0.0571. The number of piperidine rings is 1. The molecule has 0 aliphatic carbocycles. The molecule has 2 aliphatic rings. The number of benzene rings is 1. The predicted octanol–water partition coefficient (Wildman–Crippen LogP) is 4.15. The van der Waals surface area contributed by atoms with E-state index in [1.165, 1.54) is 24.6 Å². The predicted molar refractivity (Wildman–Crippen MR) is 126 cm³/mol. The van der Waals surface area contributed by atoms with Gasteiger partial charge in [0, 0.05) is 13.1 Å². The molecule has 3 aromatic rings. The summed E-state index contributed by atoms with van der Waals surface area (Å²) in [5.41, 5.74) is 2.68. The largest absolute Gasteiger partial charge is 0.490 e. The minimum atomic E-state index is 0.0571. The number of carbonyl (C=O) groups excluding carboxylic acids is 1. The van der Waals surface area contributed by atoms with E-state index < -0.39 is 0 Å². The van der Waals surface area contributed by atoms with E-state index >= 15 is 0 Å². The Morgan fingerprint density at radius 1 is 1.26 bits per heavy atom. The van der Waals surface area contributed by atoms with Gasteiger partial charge in [-0.25, -0.2) is 9.97 Å². The molecule has 0 radical (unpaired) electrons. The Morgan fingerprint density at radius 2 is 2.10 bits per heavy atom. The van der Waals surface area contributed by atoms with Gasteiger partial charge in [-0.15, -0.1) is 0 Å². The number of hydrogen-bond acceptors (Lipinski definition) is 8. The number of hydrogen-bond donors (Lipinski definition) is 0. The molecule has 7 nitrogen and oxygen atoms in total. The monoisotopic (exact) mass is 455 g/mol. The number of thioether (sulfide) groups is 1. The van der Waals surface area contributed by atoms with Gasteiger partial charge in [0.2, 0.25) is 5.91 Å². The average Bonchev–Trinajstić information content (AvgIpc) is 3.22. The molecule has 0 saturated carbocycles. The van der Waals surface area contributed by atoms with Gasteiger partial charge in [-0.2, -0.15) is 4.98 Å². The highest BCUT2D eigenvalue weighted by Gasteiger charge is 2.25. The van der Waals surface area contributed by atoms with Gasteiger partial charge in [0.1, 0.15) is 28.4 Å². The molecule has 0 spiro atoms. The quantitative estimate of drug-likeness (QED) is 0.432. The zero-order valence-electron chi connectivity index (χ0n) is 17.7. The lowest BCUT2D eigenvalue weighted by Crippen LogP contribution is -2.39. The van der Waals surface area contributed by atoms with E-state index in [4.69, 9.17) is 9.72 Å². The third-order valence-corrected chi connectivity index (χ3v) is 8.03. The third kappa shape index (κ3) is 4.21. The standard InChI is InChI=1S/C22H25N5O2S2/c1-14-5-7-26(8-6-14)22-25-20-19(31-22)21(24-13-23-20)30-12-18(28)27-9-10-29-17-4-3-15(2)11-16(17)27/h3-4,11,13-14H,5-10,12H2,1-2H3. The van der Waals surface area contributed by atoms with E-state index in [0.717, 1.165) is 56.5 Å². The molecular formula is C22H25N5O2S2. The zero-order chi connectivity index (χ0) is 21.4. The Balaban J connectivity index is 1.32. The fourth-order valence-electron chi connectivity index (χ4n) is 3.96. The summed E-state index contributed by atoms with van der Waals surface area (Å²) in [5.74, 6) is 1.91. The van der Waals surface area contributed by atoms with Crippen LogP contribution in [-0.4, -0.2) is 52.9 Å². The SMILES string of the molecule is Cc1ccc2c(c1)N(C(=O)CSc1ncnc3nc(N4CCC(C)CC4)sc13)CCO2. The summed E-state index contributed by atoms with van der Waals surface area (Å²) < 4.78 is 6.68. The Hall–Kier alpha value is -2.39. The first-order valence-corrected chi connectivity index (χ1v) is 12.4. The van der Waals surface area contributed by atoms with E-state index in [9.17, 15) is 4.79 Å².